The van der Waals surface area contributed by atoms with E-state index in [1.165, 1.54) is 7.11 Å². The third-order valence-corrected chi connectivity index (χ3v) is 7.20. The molecule has 0 saturated carbocycles. The van der Waals surface area contributed by atoms with Crippen molar-refractivity contribution in [1.29, 1.82) is 0 Å². The van der Waals surface area contributed by atoms with Gasteiger partial charge in [0.25, 0.3) is 0 Å². The first kappa shape index (κ1) is 14.4. The van der Waals surface area contributed by atoms with Crippen LogP contribution < -0.4 is 4.46 Å². The van der Waals surface area contributed by atoms with Gasteiger partial charge in [0.1, 0.15) is 0 Å². The van der Waals surface area contributed by atoms with Crippen LogP contribution in [0.15, 0.2) is 42.5 Å². The summed E-state index contributed by atoms with van der Waals surface area (Å²) < 4.78 is 10.9. The zero-order valence-electron chi connectivity index (χ0n) is 11.9. The molecule has 1 aliphatic carbocycles. The summed E-state index contributed by atoms with van der Waals surface area (Å²) in [6.07, 6.45) is 3.92. The van der Waals surface area contributed by atoms with Crippen molar-refractivity contribution in [1.82, 2.24) is 0 Å². The van der Waals surface area contributed by atoms with E-state index in [1.54, 1.807) is 12.2 Å². The molecule has 4 rings (SSSR count). The molecule has 2 heterocycles. The number of ether oxygens (including phenoxy) is 2. The van der Waals surface area contributed by atoms with E-state index in [9.17, 15) is 9.59 Å². The molecule has 1 aromatic carbocycles. The van der Waals surface area contributed by atoms with Gasteiger partial charge in [0, 0.05) is 0 Å². The second-order valence-electron chi connectivity index (χ2n) is 5.45. The molecule has 2 aliphatic heterocycles. The van der Waals surface area contributed by atoms with Gasteiger partial charge in [-0.2, -0.15) is 0 Å². The van der Waals surface area contributed by atoms with Crippen molar-refractivity contribution < 1.29 is 19.1 Å². The monoisotopic (exact) mass is 352 g/mol. The summed E-state index contributed by atoms with van der Waals surface area (Å²) in [4.78, 5) is 24.8. The second kappa shape index (κ2) is 5.00. The maximum absolute atomic E-state index is 12.4. The average Bonchev–Trinajstić information content (AvgIpc) is 2.47. The Kier molecular flexibility index (Phi) is 3.42. The Morgan fingerprint density at radius 1 is 1.38 bits per heavy atom. The average molecular weight is 351 g/mol. The van der Waals surface area contributed by atoms with Crippen LogP contribution in [0.5, 0.6) is 0 Å². The summed E-state index contributed by atoms with van der Waals surface area (Å²) in [7, 11) is 1.31. The molecule has 110 valence electrons. The number of hydrogen-bond donors (Lipinski definition) is 0. The Hall–Kier alpha value is -1.58. The molecule has 2 bridgehead atoms. The van der Waals surface area contributed by atoms with Crippen LogP contribution in [0.2, 0.25) is 4.31 Å². The molecule has 0 unspecified atom stereocenters. The normalized spacial score (nSPS) is 33.6. The number of rotatable bonds is 3. The molecule has 3 aliphatic rings. The Balaban J connectivity index is 2.06. The van der Waals surface area contributed by atoms with Crippen molar-refractivity contribution in [3.8, 4) is 0 Å². The van der Waals surface area contributed by atoms with Crippen LogP contribution in [0, 0.1) is 5.41 Å². The molecule has 5 heteroatoms. The molecule has 21 heavy (non-hydrogen) atoms. The number of fused-ring (bicyclic) bond motifs is 2. The van der Waals surface area contributed by atoms with Gasteiger partial charge in [-0.15, -0.1) is 0 Å². The molecule has 0 amide bonds. The van der Waals surface area contributed by atoms with Gasteiger partial charge in [-0.3, -0.25) is 0 Å². The predicted octanol–water partition coefficient (Wildman–Crippen LogP) is 1.24. The molecular weight excluding hydrogens is 335 g/mol. The van der Waals surface area contributed by atoms with E-state index in [2.05, 4.69) is 0 Å². The third kappa shape index (κ3) is 2.03. The Morgan fingerprint density at radius 2 is 2.10 bits per heavy atom. The standard InChI is InChI=1S/C16H16O4Se/c1-15(21-12-6-4-3-5-7-12)10-11-8-9-16(15,13(17)19-2)14(18)20-11/h3-9,11H,10H2,1-2H3/t11-,15-,16-/m0/s1. The summed E-state index contributed by atoms with van der Waals surface area (Å²) in [6.45, 7) is 1.99. The van der Waals surface area contributed by atoms with E-state index in [0.29, 0.717) is 6.42 Å². The van der Waals surface area contributed by atoms with Gasteiger partial charge in [-0.1, -0.05) is 0 Å². The van der Waals surface area contributed by atoms with E-state index >= 15 is 0 Å². The minimum absolute atomic E-state index is 0.0507. The van der Waals surface area contributed by atoms with Crippen LogP contribution in [0.25, 0.3) is 0 Å². The molecule has 1 saturated heterocycles. The van der Waals surface area contributed by atoms with Gasteiger partial charge >= 0.3 is 129 Å². The van der Waals surface area contributed by atoms with E-state index in [1.807, 2.05) is 37.3 Å². The summed E-state index contributed by atoms with van der Waals surface area (Å²) in [5.74, 6) is -1.00. The Morgan fingerprint density at radius 3 is 2.71 bits per heavy atom. The van der Waals surface area contributed by atoms with Gasteiger partial charge in [0.2, 0.25) is 0 Å². The molecule has 0 aromatic heterocycles. The molecule has 0 N–H and O–H groups in total. The van der Waals surface area contributed by atoms with Crippen LogP contribution in [-0.4, -0.2) is 40.1 Å². The second-order valence-corrected chi connectivity index (χ2v) is 8.76. The van der Waals surface area contributed by atoms with E-state index in [-0.39, 0.29) is 21.1 Å². The first-order valence-electron chi connectivity index (χ1n) is 6.75. The third-order valence-electron chi connectivity index (χ3n) is 4.16. The van der Waals surface area contributed by atoms with Crippen molar-refractivity contribution in [3.63, 3.8) is 0 Å². The molecule has 3 atom stereocenters. The van der Waals surface area contributed by atoms with Gasteiger partial charge in [0.05, 0.1) is 0 Å². The molecule has 0 spiro atoms. The zero-order chi connectivity index (χ0) is 15.1. The van der Waals surface area contributed by atoms with Crippen LogP contribution in [0.1, 0.15) is 13.3 Å². The number of benzene rings is 1. The van der Waals surface area contributed by atoms with Crippen molar-refractivity contribution in [2.24, 2.45) is 5.41 Å². The maximum atomic E-state index is 12.4. The SMILES string of the molecule is COC(=O)[C@]12C=C[C@@H](C[C@]1(C)[Se]c1ccccc1)OC2=O. The fraction of sp³-hybridized carbons (Fsp3) is 0.375. The van der Waals surface area contributed by atoms with Gasteiger partial charge in [-0.05, 0) is 0 Å². The van der Waals surface area contributed by atoms with Crippen LogP contribution in [-0.2, 0) is 19.1 Å². The number of carbonyl (C=O) groups excluding carboxylic acids is 2. The quantitative estimate of drug-likeness (QED) is 0.356. The summed E-state index contributed by atoms with van der Waals surface area (Å²) in [6, 6.07) is 9.97. The van der Waals surface area contributed by atoms with E-state index in [0.717, 1.165) is 4.46 Å². The van der Waals surface area contributed by atoms with Crippen molar-refractivity contribution in [2.45, 2.75) is 23.8 Å². The molecule has 4 nitrogen and oxygen atoms in total. The zero-order valence-corrected chi connectivity index (χ0v) is 13.6. The number of esters is 2. The first-order chi connectivity index (χ1) is 10.0. The fourth-order valence-electron chi connectivity index (χ4n) is 3.04. The number of methoxy groups -OCH3 is 1. The van der Waals surface area contributed by atoms with E-state index in [4.69, 9.17) is 9.47 Å². The molecule has 1 fully saturated rings. The first-order valence-corrected chi connectivity index (χ1v) is 8.46. The summed E-state index contributed by atoms with van der Waals surface area (Å²) >= 11 is -0.0507. The van der Waals surface area contributed by atoms with Gasteiger partial charge in [-0.25, -0.2) is 0 Å². The number of carbonyl (C=O) groups is 2. The number of hydrogen-bond acceptors (Lipinski definition) is 4. The molecule has 0 radical (unpaired) electrons. The van der Waals surface area contributed by atoms with Gasteiger partial charge in [0.15, 0.2) is 0 Å². The topological polar surface area (TPSA) is 52.6 Å². The Labute approximate surface area is 129 Å². The minimum atomic E-state index is -1.31. The molecule has 1 aromatic rings. The van der Waals surface area contributed by atoms with Crippen LogP contribution in [0.4, 0.5) is 0 Å². The van der Waals surface area contributed by atoms with Crippen molar-refractivity contribution in [3.05, 3.63) is 42.5 Å². The van der Waals surface area contributed by atoms with Gasteiger partial charge < -0.3 is 0 Å². The molecular formula is C16H16O4Se. The van der Waals surface area contributed by atoms with E-state index < -0.39 is 21.7 Å². The summed E-state index contributed by atoms with van der Waals surface area (Å²) in [5, 5.41) is 0. The van der Waals surface area contributed by atoms with Crippen LogP contribution in [0.3, 0.4) is 0 Å². The fourth-order valence-corrected chi connectivity index (χ4v) is 6.09. The van der Waals surface area contributed by atoms with Crippen molar-refractivity contribution in [2.75, 3.05) is 7.11 Å². The summed E-state index contributed by atoms with van der Waals surface area (Å²) in [5.41, 5.74) is -1.31. The van der Waals surface area contributed by atoms with Crippen molar-refractivity contribution >= 4 is 31.4 Å². The van der Waals surface area contributed by atoms with Crippen LogP contribution >= 0.6 is 0 Å². The predicted molar refractivity (Wildman–Crippen MR) is 78.3 cm³/mol. The Bertz CT molecular complexity index is 612.